The summed E-state index contributed by atoms with van der Waals surface area (Å²) in [5.41, 5.74) is 0.564. The molecule has 0 bridgehead atoms. The van der Waals surface area contributed by atoms with Crippen molar-refractivity contribution < 1.29 is 13.2 Å². The third kappa shape index (κ3) is 5.85. The number of hydrogen-bond donors (Lipinski definition) is 1. The van der Waals surface area contributed by atoms with Gasteiger partial charge in [0.05, 0.1) is 17.4 Å². The van der Waals surface area contributed by atoms with Gasteiger partial charge in [0.1, 0.15) is 21.7 Å². The second-order valence-corrected chi connectivity index (χ2v) is 8.54. The molecule has 0 aromatic heterocycles. The molecule has 5 nitrogen and oxygen atoms in total. The van der Waals surface area contributed by atoms with Crippen LogP contribution in [0.25, 0.3) is 0 Å². The molecular weight excluding hydrogens is 312 g/mol. The summed E-state index contributed by atoms with van der Waals surface area (Å²) < 4.78 is 28.6. The lowest BCUT2D eigenvalue weighted by Gasteiger charge is -2.31. The molecule has 0 heterocycles. The van der Waals surface area contributed by atoms with Crippen molar-refractivity contribution in [3.63, 3.8) is 0 Å². The number of para-hydroxylation sites is 1. The van der Waals surface area contributed by atoms with E-state index in [4.69, 9.17) is 10.00 Å². The molecule has 0 saturated heterocycles. The smallest absolute Gasteiger partial charge is 0.148 e. The number of ether oxygens (including phenoxy) is 1. The quantitative estimate of drug-likeness (QED) is 0.862. The standard InChI is InChI=1S/C17H24N2O3S/c1-13(12-23(2,20)21)19-15-7-9-16(10-8-15)22-17-6-4-3-5-14(17)11-18/h3-6,13,15-16,19H,7-10,12H2,1-2H3/t13-,15?,16?/m1/s1. The molecule has 1 aliphatic rings. The first-order valence-electron chi connectivity index (χ1n) is 7.97. The highest BCUT2D eigenvalue weighted by Crippen LogP contribution is 2.26. The van der Waals surface area contributed by atoms with Crippen LogP contribution in [0.1, 0.15) is 38.2 Å². The van der Waals surface area contributed by atoms with Crippen LogP contribution in [-0.4, -0.2) is 38.6 Å². The molecule has 1 aromatic rings. The molecule has 0 spiro atoms. The summed E-state index contributed by atoms with van der Waals surface area (Å²) in [5, 5.41) is 12.5. The number of sulfone groups is 1. The number of nitrogens with one attached hydrogen (secondary N) is 1. The van der Waals surface area contributed by atoms with Gasteiger partial charge >= 0.3 is 0 Å². The van der Waals surface area contributed by atoms with Crippen LogP contribution in [0.4, 0.5) is 0 Å². The van der Waals surface area contributed by atoms with E-state index >= 15 is 0 Å². The van der Waals surface area contributed by atoms with Crippen LogP contribution in [0, 0.1) is 11.3 Å². The van der Waals surface area contributed by atoms with E-state index in [1.165, 1.54) is 6.26 Å². The average Bonchev–Trinajstić information content (AvgIpc) is 2.48. The molecule has 1 atom stereocenters. The van der Waals surface area contributed by atoms with E-state index < -0.39 is 9.84 Å². The van der Waals surface area contributed by atoms with E-state index in [-0.39, 0.29) is 17.9 Å². The van der Waals surface area contributed by atoms with Gasteiger partial charge in [-0.05, 0) is 44.7 Å². The topological polar surface area (TPSA) is 79.2 Å². The summed E-state index contributed by atoms with van der Waals surface area (Å²) in [4.78, 5) is 0. The molecule has 1 N–H and O–H groups in total. The molecule has 23 heavy (non-hydrogen) atoms. The third-order valence-corrected chi connectivity index (χ3v) is 5.15. The van der Waals surface area contributed by atoms with E-state index in [9.17, 15) is 8.42 Å². The van der Waals surface area contributed by atoms with Crippen LogP contribution < -0.4 is 10.1 Å². The minimum absolute atomic E-state index is 0.0354. The van der Waals surface area contributed by atoms with Crippen molar-refractivity contribution in [3.8, 4) is 11.8 Å². The monoisotopic (exact) mass is 336 g/mol. The van der Waals surface area contributed by atoms with Crippen molar-refractivity contribution in [1.29, 1.82) is 5.26 Å². The summed E-state index contributed by atoms with van der Waals surface area (Å²) in [6, 6.07) is 9.73. The highest BCUT2D eigenvalue weighted by Gasteiger charge is 2.24. The van der Waals surface area contributed by atoms with Crippen LogP contribution in [0.2, 0.25) is 0 Å². The van der Waals surface area contributed by atoms with Gasteiger partial charge in [-0.15, -0.1) is 0 Å². The van der Waals surface area contributed by atoms with E-state index in [1.807, 2.05) is 25.1 Å². The minimum Gasteiger partial charge on any atom is -0.489 e. The SMILES string of the molecule is C[C@H](CS(C)(=O)=O)NC1CCC(Oc2ccccc2C#N)CC1. The lowest BCUT2D eigenvalue weighted by Crippen LogP contribution is -2.43. The summed E-state index contributed by atoms with van der Waals surface area (Å²) in [5.74, 6) is 0.816. The van der Waals surface area contributed by atoms with Crippen molar-refractivity contribution in [2.24, 2.45) is 0 Å². The highest BCUT2D eigenvalue weighted by atomic mass is 32.2. The van der Waals surface area contributed by atoms with Crippen molar-refractivity contribution in [2.45, 2.75) is 50.8 Å². The van der Waals surface area contributed by atoms with Gasteiger partial charge in [-0.25, -0.2) is 8.42 Å². The molecule has 1 fully saturated rings. The van der Waals surface area contributed by atoms with Gasteiger partial charge in [0.15, 0.2) is 0 Å². The number of nitrogens with zero attached hydrogens (tertiary/aromatic N) is 1. The van der Waals surface area contributed by atoms with E-state index in [0.717, 1.165) is 25.7 Å². The summed E-state index contributed by atoms with van der Waals surface area (Å²) in [6.07, 6.45) is 5.10. The van der Waals surface area contributed by atoms with E-state index in [1.54, 1.807) is 6.07 Å². The fourth-order valence-electron chi connectivity index (χ4n) is 3.09. The van der Waals surface area contributed by atoms with Gasteiger partial charge in [-0.1, -0.05) is 12.1 Å². The Morgan fingerprint density at radius 3 is 2.57 bits per heavy atom. The Labute approximate surface area is 138 Å². The summed E-state index contributed by atoms with van der Waals surface area (Å²) in [6.45, 7) is 1.91. The first-order valence-corrected chi connectivity index (χ1v) is 10.0. The second kappa shape index (κ2) is 7.80. The first-order chi connectivity index (χ1) is 10.9. The summed E-state index contributed by atoms with van der Waals surface area (Å²) >= 11 is 0. The van der Waals surface area contributed by atoms with Gasteiger partial charge < -0.3 is 10.1 Å². The zero-order valence-corrected chi connectivity index (χ0v) is 14.5. The molecule has 2 rings (SSSR count). The molecule has 6 heteroatoms. The summed E-state index contributed by atoms with van der Waals surface area (Å²) in [7, 11) is -2.95. The Morgan fingerprint density at radius 2 is 1.96 bits per heavy atom. The zero-order valence-electron chi connectivity index (χ0n) is 13.7. The van der Waals surface area contributed by atoms with Crippen molar-refractivity contribution in [1.82, 2.24) is 5.32 Å². The van der Waals surface area contributed by atoms with Crippen LogP contribution in [0.5, 0.6) is 5.75 Å². The number of rotatable bonds is 6. The number of nitriles is 1. The van der Waals surface area contributed by atoms with E-state index in [0.29, 0.717) is 17.4 Å². The molecule has 126 valence electrons. The lowest BCUT2D eigenvalue weighted by molar-refractivity contribution is 0.137. The molecule has 0 amide bonds. The average molecular weight is 336 g/mol. The maximum absolute atomic E-state index is 11.3. The minimum atomic E-state index is -2.95. The van der Waals surface area contributed by atoms with Gasteiger partial charge in [0, 0.05) is 18.3 Å². The van der Waals surface area contributed by atoms with Crippen LogP contribution in [0.3, 0.4) is 0 Å². The fourth-order valence-corrected chi connectivity index (χ4v) is 4.10. The molecular formula is C17H24N2O3S. The van der Waals surface area contributed by atoms with Crippen LogP contribution >= 0.6 is 0 Å². The van der Waals surface area contributed by atoms with Crippen LogP contribution in [-0.2, 0) is 9.84 Å². The van der Waals surface area contributed by atoms with Gasteiger partial charge in [0.25, 0.3) is 0 Å². The van der Waals surface area contributed by atoms with Crippen molar-refractivity contribution in [3.05, 3.63) is 29.8 Å². The van der Waals surface area contributed by atoms with Crippen molar-refractivity contribution in [2.75, 3.05) is 12.0 Å². The maximum Gasteiger partial charge on any atom is 0.148 e. The van der Waals surface area contributed by atoms with Gasteiger partial charge in [-0.2, -0.15) is 5.26 Å². The Morgan fingerprint density at radius 1 is 1.30 bits per heavy atom. The molecule has 0 aliphatic heterocycles. The molecule has 0 unspecified atom stereocenters. The third-order valence-electron chi connectivity index (χ3n) is 4.05. The molecule has 0 radical (unpaired) electrons. The Hall–Kier alpha value is -1.58. The first kappa shape index (κ1) is 17.8. The van der Waals surface area contributed by atoms with Crippen LogP contribution in [0.15, 0.2) is 24.3 Å². The normalized spacial score (nSPS) is 23.0. The predicted molar refractivity (Wildman–Crippen MR) is 90.1 cm³/mol. The molecule has 1 aliphatic carbocycles. The molecule has 1 aromatic carbocycles. The van der Waals surface area contributed by atoms with Crippen molar-refractivity contribution >= 4 is 9.84 Å². The van der Waals surface area contributed by atoms with Gasteiger partial charge in [-0.3, -0.25) is 0 Å². The largest absolute Gasteiger partial charge is 0.489 e. The number of benzene rings is 1. The molecule has 1 saturated carbocycles. The van der Waals surface area contributed by atoms with E-state index in [2.05, 4.69) is 11.4 Å². The lowest BCUT2D eigenvalue weighted by atomic mass is 9.92. The Kier molecular flexibility index (Phi) is 6.03. The number of hydrogen-bond acceptors (Lipinski definition) is 5. The fraction of sp³-hybridized carbons (Fsp3) is 0.588. The Bertz CT molecular complexity index is 659. The Balaban J connectivity index is 1.81. The zero-order chi connectivity index (χ0) is 16.9. The predicted octanol–water partition coefficient (Wildman–Crippen LogP) is 2.27. The highest BCUT2D eigenvalue weighted by molar-refractivity contribution is 7.90. The van der Waals surface area contributed by atoms with Gasteiger partial charge in [0.2, 0.25) is 0 Å². The second-order valence-electron chi connectivity index (χ2n) is 6.36. The maximum atomic E-state index is 11.3.